The minimum Gasteiger partial charge on any atom is -0.439 e. The Balaban J connectivity index is 1.54. The average Bonchev–Trinajstić information content (AvgIpc) is 3.41. The number of nitrogens with one attached hydrogen (secondary N) is 1. The Labute approximate surface area is 176 Å². The second kappa shape index (κ2) is 7.41. The molecule has 0 aliphatic heterocycles. The van der Waals surface area contributed by atoms with Gasteiger partial charge in [0.25, 0.3) is 0 Å². The number of sulfonamides is 1. The van der Waals surface area contributed by atoms with Crippen LogP contribution in [0.3, 0.4) is 0 Å². The van der Waals surface area contributed by atoms with Crippen molar-refractivity contribution in [3.63, 3.8) is 0 Å². The van der Waals surface area contributed by atoms with Crippen LogP contribution in [-0.2, 0) is 15.6 Å². The molecule has 0 spiro atoms. The van der Waals surface area contributed by atoms with E-state index in [0.29, 0.717) is 29.1 Å². The van der Waals surface area contributed by atoms with Gasteiger partial charge in [-0.05, 0) is 63.9 Å². The lowest BCUT2D eigenvalue weighted by Crippen LogP contribution is -2.23. The second-order valence-corrected chi connectivity index (χ2v) is 10.00. The maximum absolute atomic E-state index is 11.4. The van der Waals surface area contributed by atoms with Crippen molar-refractivity contribution in [2.75, 3.05) is 5.32 Å². The zero-order valence-corrected chi connectivity index (χ0v) is 18.0. The number of nitrogens with zero attached hydrogens (tertiary/aromatic N) is 3. The predicted octanol–water partition coefficient (Wildman–Crippen LogP) is 4.09. The first-order valence-corrected chi connectivity index (χ1v) is 11.3. The van der Waals surface area contributed by atoms with Crippen LogP contribution in [0, 0.1) is 0 Å². The maximum Gasteiger partial charge on any atom is 0.238 e. The van der Waals surface area contributed by atoms with Gasteiger partial charge in [-0.25, -0.2) is 23.2 Å². The number of benzene rings is 1. The number of nitrogens with two attached hydrogens (primary N) is 1. The molecule has 1 fully saturated rings. The third-order valence-electron chi connectivity index (χ3n) is 4.74. The molecular weight excluding hydrogens is 402 g/mol. The molecule has 0 amide bonds. The molecule has 30 heavy (non-hydrogen) atoms. The van der Waals surface area contributed by atoms with Crippen molar-refractivity contribution in [1.82, 2.24) is 14.8 Å². The number of aromatic nitrogens is 3. The van der Waals surface area contributed by atoms with Gasteiger partial charge in [-0.1, -0.05) is 0 Å². The molecule has 0 saturated heterocycles. The third-order valence-corrected chi connectivity index (χ3v) is 5.66. The molecule has 3 aromatic rings. The van der Waals surface area contributed by atoms with E-state index in [1.54, 1.807) is 30.5 Å². The molecule has 0 radical (unpaired) electrons. The van der Waals surface area contributed by atoms with Crippen LogP contribution in [0.15, 0.2) is 53.6 Å². The molecule has 9 heteroatoms. The molecule has 2 heterocycles. The highest BCUT2D eigenvalue weighted by Gasteiger charge is 2.30. The van der Waals surface area contributed by atoms with E-state index < -0.39 is 10.0 Å². The fraction of sp³-hybridized carbons (Fsp3) is 0.333. The van der Waals surface area contributed by atoms with Crippen molar-refractivity contribution in [2.45, 2.75) is 50.0 Å². The highest BCUT2D eigenvalue weighted by molar-refractivity contribution is 7.89. The largest absolute Gasteiger partial charge is 0.439 e. The Hall–Kier alpha value is -2.91. The Morgan fingerprint density at radius 1 is 1.13 bits per heavy atom. The van der Waals surface area contributed by atoms with Gasteiger partial charge in [-0.3, -0.25) is 0 Å². The highest BCUT2D eigenvalue weighted by Crippen LogP contribution is 2.42. The number of primary sulfonamides is 1. The monoisotopic (exact) mass is 427 g/mol. The van der Waals surface area contributed by atoms with E-state index in [1.807, 2.05) is 10.7 Å². The standard InChI is InChI=1S/C21H25N5O3S/c1-21(2,3)26-20(13-18(25-26)14-4-5-14)29-16-10-11-23-19(12-16)24-15-6-8-17(9-7-15)30(22,27)28/h6-14H,4-5H2,1-3H3,(H,23,24)(H2,22,27,28). The van der Waals surface area contributed by atoms with E-state index in [-0.39, 0.29) is 10.4 Å². The lowest BCUT2D eigenvalue weighted by atomic mass is 10.1. The van der Waals surface area contributed by atoms with Gasteiger partial charge in [-0.15, -0.1) is 0 Å². The van der Waals surface area contributed by atoms with Crippen LogP contribution in [0.1, 0.15) is 45.2 Å². The fourth-order valence-electron chi connectivity index (χ4n) is 3.05. The number of pyridine rings is 1. The summed E-state index contributed by atoms with van der Waals surface area (Å²) in [5.74, 6) is 2.42. The number of hydrogen-bond acceptors (Lipinski definition) is 6. The molecule has 0 atom stereocenters. The molecule has 1 aliphatic carbocycles. The fourth-order valence-corrected chi connectivity index (χ4v) is 3.57. The van der Waals surface area contributed by atoms with Crippen LogP contribution in [-0.4, -0.2) is 23.2 Å². The molecule has 4 rings (SSSR count). The van der Waals surface area contributed by atoms with Crippen molar-refractivity contribution in [3.05, 3.63) is 54.4 Å². The van der Waals surface area contributed by atoms with Crippen LogP contribution in [0.25, 0.3) is 0 Å². The van der Waals surface area contributed by atoms with E-state index in [1.165, 1.54) is 25.0 Å². The second-order valence-electron chi connectivity index (χ2n) is 8.44. The minimum atomic E-state index is -3.72. The van der Waals surface area contributed by atoms with Crippen molar-refractivity contribution in [2.24, 2.45) is 5.14 Å². The summed E-state index contributed by atoms with van der Waals surface area (Å²) in [5, 5.41) is 13.0. The van der Waals surface area contributed by atoms with Gasteiger partial charge < -0.3 is 10.1 Å². The van der Waals surface area contributed by atoms with E-state index >= 15 is 0 Å². The highest BCUT2D eigenvalue weighted by atomic mass is 32.2. The van der Waals surface area contributed by atoms with E-state index in [0.717, 1.165) is 5.69 Å². The molecule has 8 nitrogen and oxygen atoms in total. The summed E-state index contributed by atoms with van der Waals surface area (Å²) in [6.45, 7) is 6.27. The summed E-state index contributed by atoms with van der Waals surface area (Å²) < 4.78 is 30.9. The predicted molar refractivity (Wildman–Crippen MR) is 115 cm³/mol. The van der Waals surface area contributed by atoms with Gasteiger partial charge >= 0.3 is 0 Å². The molecule has 1 aromatic carbocycles. The number of hydrogen-bond donors (Lipinski definition) is 2. The molecular formula is C21H25N5O3S. The molecule has 1 saturated carbocycles. The van der Waals surface area contributed by atoms with Gasteiger partial charge in [0, 0.05) is 29.9 Å². The number of rotatable bonds is 6. The summed E-state index contributed by atoms with van der Waals surface area (Å²) in [6.07, 6.45) is 4.00. The van der Waals surface area contributed by atoms with E-state index in [2.05, 4.69) is 31.1 Å². The van der Waals surface area contributed by atoms with Crippen LogP contribution in [0.2, 0.25) is 0 Å². The van der Waals surface area contributed by atoms with Crippen LogP contribution < -0.4 is 15.2 Å². The van der Waals surface area contributed by atoms with Crippen molar-refractivity contribution < 1.29 is 13.2 Å². The smallest absolute Gasteiger partial charge is 0.238 e. The molecule has 3 N–H and O–H groups in total. The Morgan fingerprint density at radius 2 is 1.83 bits per heavy atom. The molecule has 1 aliphatic rings. The van der Waals surface area contributed by atoms with Gasteiger partial charge in [0.1, 0.15) is 11.6 Å². The quantitative estimate of drug-likeness (QED) is 0.613. The minimum absolute atomic E-state index is 0.0556. The van der Waals surface area contributed by atoms with Crippen molar-refractivity contribution >= 4 is 21.5 Å². The first kappa shape index (κ1) is 20.4. The summed E-state index contributed by atoms with van der Waals surface area (Å²) >= 11 is 0. The number of ether oxygens (including phenoxy) is 1. The van der Waals surface area contributed by atoms with Crippen molar-refractivity contribution in [1.29, 1.82) is 0 Å². The Kier molecular flexibility index (Phi) is 5.03. The normalized spacial score (nSPS) is 14.5. The summed E-state index contributed by atoms with van der Waals surface area (Å²) in [6, 6.07) is 11.7. The van der Waals surface area contributed by atoms with E-state index in [4.69, 9.17) is 15.0 Å². The first-order chi connectivity index (χ1) is 14.1. The molecule has 0 bridgehead atoms. The van der Waals surface area contributed by atoms with Crippen LogP contribution in [0.5, 0.6) is 11.6 Å². The molecule has 158 valence electrons. The maximum atomic E-state index is 11.4. The van der Waals surface area contributed by atoms with Gasteiger partial charge in [0.05, 0.1) is 16.1 Å². The summed E-state index contributed by atoms with van der Waals surface area (Å²) in [5.41, 5.74) is 1.55. The molecule has 0 unspecified atom stereocenters. The summed E-state index contributed by atoms with van der Waals surface area (Å²) in [7, 11) is -3.72. The summed E-state index contributed by atoms with van der Waals surface area (Å²) in [4.78, 5) is 4.36. The van der Waals surface area contributed by atoms with Crippen LogP contribution in [0.4, 0.5) is 11.5 Å². The van der Waals surface area contributed by atoms with Gasteiger partial charge in [-0.2, -0.15) is 5.10 Å². The van der Waals surface area contributed by atoms with Crippen molar-refractivity contribution in [3.8, 4) is 11.6 Å². The lowest BCUT2D eigenvalue weighted by molar-refractivity contribution is 0.301. The molecule has 2 aromatic heterocycles. The lowest BCUT2D eigenvalue weighted by Gasteiger charge is -2.22. The third kappa shape index (κ3) is 4.63. The topological polar surface area (TPSA) is 112 Å². The van der Waals surface area contributed by atoms with Gasteiger partial charge in [0.15, 0.2) is 0 Å². The zero-order valence-electron chi connectivity index (χ0n) is 17.2. The first-order valence-electron chi connectivity index (χ1n) is 9.74. The SMILES string of the molecule is CC(C)(C)n1nc(C2CC2)cc1Oc1ccnc(Nc2ccc(S(N)(=O)=O)cc2)c1. The number of anilines is 2. The zero-order chi connectivity index (χ0) is 21.5. The van der Waals surface area contributed by atoms with Gasteiger partial charge in [0.2, 0.25) is 15.9 Å². The Morgan fingerprint density at radius 3 is 2.43 bits per heavy atom. The van der Waals surface area contributed by atoms with E-state index in [9.17, 15) is 8.42 Å². The Bertz CT molecular complexity index is 1160. The van der Waals surface area contributed by atoms with Crippen LogP contribution >= 0.6 is 0 Å². The average molecular weight is 428 g/mol.